The molecule has 0 aliphatic heterocycles. The number of methoxy groups -OCH3 is 1. The monoisotopic (exact) mass is 396 g/mol. The fourth-order valence-corrected chi connectivity index (χ4v) is 3.18. The van der Waals surface area contributed by atoms with E-state index in [-0.39, 0.29) is 12.4 Å². The third-order valence-electron chi connectivity index (χ3n) is 4.72. The molecule has 1 aromatic carbocycles. The van der Waals surface area contributed by atoms with Crippen LogP contribution >= 0.6 is 0 Å². The Morgan fingerprint density at radius 3 is 2.55 bits per heavy atom. The number of nitrogens with zero attached hydrogens (tertiary/aromatic N) is 4. The third kappa shape index (κ3) is 4.78. The minimum Gasteiger partial charge on any atom is -0.454 e. The quantitative estimate of drug-likeness (QED) is 0.314. The summed E-state index contributed by atoms with van der Waals surface area (Å²) in [7, 11) is 1.67. The van der Waals surface area contributed by atoms with Crippen LogP contribution in [0.25, 0.3) is 5.69 Å². The zero-order valence-corrected chi connectivity index (χ0v) is 16.8. The van der Waals surface area contributed by atoms with Crippen molar-refractivity contribution in [2.45, 2.75) is 26.8 Å². The Kier molecular flexibility index (Phi) is 6.56. The highest BCUT2D eigenvalue weighted by molar-refractivity contribution is 6.00. The summed E-state index contributed by atoms with van der Waals surface area (Å²) in [6.45, 7) is 4.99. The standard InChI is InChI=1S/C21H24N4O4/c1-15-11-19(16(2)24(15)9-4-10-28-3)20(26)12-29-21(27)17-5-7-18(8-6-17)25-14-22-13-23-25/h5-8,11,13-14H,4,9-10,12H2,1-3H3. The van der Waals surface area contributed by atoms with Crippen LogP contribution in [0.3, 0.4) is 0 Å². The highest BCUT2D eigenvalue weighted by atomic mass is 16.5. The smallest absolute Gasteiger partial charge is 0.338 e. The highest BCUT2D eigenvalue weighted by Gasteiger charge is 2.18. The normalized spacial score (nSPS) is 10.9. The summed E-state index contributed by atoms with van der Waals surface area (Å²) in [5.41, 5.74) is 3.59. The zero-order chi connectivity index (χ0) is 20.8. The van der Waals surface area contributed by atoms with E-state index in [2.05, 4.69) is 14.6 Å². The molecule has 0 saturated heterocycles. The molecule has 0 radical (unpaired) electrons. The third-order valence-corrected chi connectivity index (χ3v) is 4.72. The van der Waals surface area contributed by atoms with Crippen LogP contribution in [0.5, 0.6) is 0 Å². The van der Waals surface area contributed by atoms with Crippen LogP contribution in [-0.2, 0) is 16.0 Å². The van der Waals surface area contributed by atoms with Crippen LogP contribution in [-0.4, -0.2) is 51.4 Å². The molecule has 8 heteroatoms. The van der Waals surface area contributed by atoms with Crippen molar-refractivity contribution >= 4 is 11.8 Å². The number of hydrogen-bond donors (Lipinski definition) is 0. The van der Waals surface area contributed by atoms with Gasteiger partial charge in [0.25, 0.3) is 0 Å². The van der Waals surface area contributed by atoms with E-state index in [9.17, 15) is 9.59 Å². The molecule has 2 heterocycles. The number of carbonyl (C=O) groups excluding carboxylic acids is 2. The van der Waals surface area contributed by atoms with E-state index < -0.39 is 5.97 Å². The summed E-state index contributed by atoms with van der Waals surface area (Å²) in [6, 6.07) is 8.57. The number of aryl methyl sites for hydroxylation is 1. The number of hydrogen-bond acceptors (Lipinski definition) is 6. The van der Waals surface area contributed by atoms with Crippen molar-refractivity contribution in [2.75, 3.05) is 20.3 Å². The van der Waals surface area contributed by atoms with Crippen LogP contribution in [0.2, 0.25) is 0 Å². The van der Waals surface area contributed by atoms with E-state index in [1.165, 1.54) is 6.33 Å². The van der Waals surface area contributed by atoms with E-state index in [1.807, 2.05) is 19.9 Å². The fourth-order valence-electron chi connectivity index (χ4n) is 3.18. The summed E-state index contributed by atoms with van der Waals surface area (Å²) in [5.74, 6) is -0.763. The van der Waals surface area contributed by atoms with Gasteiger partial charge in [-0.15, -0.1) is 0 Å². The second-order valence-electron chi connectivity index (χ2n) is 6.67. The lowest BCUT2D eigenvalue weighted by atomic mass is 10.1. The first-order chi connectivity index (χ1) is 14.0. The van der Waals surface area contributed by atoms with Gasteiger partial charge < -0.3 is 14.0 Å². The lowest BCUT2D eigenvalue weighted by Gasteiger charge is -2.09. The van der Waals surface area contributed by atoms with Gasteiger partial charge in [-0.25, -0.2) is 14.5 Å². The first kappa shape index (κ1) is 20.5. The largest absolute Gasteiger partial charge is 0.454 e. The molecule has 0 amide bonds. The van der Waals surface area contributed by atoms with Crippen molar-refractivity contribution in [3.8, 4) is 5.69 Å². The number of ether oxygens (including phenoxy) is 2. The molecule has 0 spiro atoms. The van der Waals surface area contributed by atoms with Crippen LogP contribution in [0.15, 0.2) is 43.0 Å². The Morgan fingerprint density at radius 2 is 1.90 bits per heavy atom. The van der Waals surface area contributed by atoms with Gasteiger partial charge in [-0.05, 0) is 50.6 Å². The minimum absolute atomic E-state index is 0.219. The van der Waals surface area contributed by atoms with Gasteiger partial charge in [0.15, 0.2) is 6.61 Å². The molecule has 29 heavy (non-hydrogen) atoms. The van der Waals surface area contributed by atoms with Crippen molar-refractivity contribution in [1.29, 1.82) is 0 Å². The Morgan fingerprint density at radius 1 is 1.14 bits per heavy atom. The predicted molar refractivity (Wildman–Crippen MR) is 106 cm³/mol. The predicted octanol–water partition coefficient (Wildman–Crippen LogP) is 2.76. The van der Waals surface area contributed by atoms with Gasteiger partial charge in [0.1, 0.15) is 12.7 Å². The van der Waals surface area contributed by atoms with Crippen molar-refractivity contribution in [3.63, 3.8) is 0 Å². The van der Waals surface area contributed by atoms with Gasteiger partial charge in [-0.3, -0.25) is 4.79 Å². The summed E-state index contributed by atoms with van der Waals surface area (Å²) < 4.78 is 14.0. The first-order valence-corrected chi connectivity index (χ1v) is 9.32. The van der Waals surface area contributed by atoms with Gasteiger partial charge in [0.05, 0.1) is 11.3 Å². The maximum atomic E-state index is 12.6. The molecule has 0 aliphatic carbocycles. The molecule has 0 N–H and O–H groups in total. The molecule has 152 valence electrons. The van der Waals surface area contributed by atoms with Crippen molar-refractivity contribution in [3.05, 3.63) is 65.5 Å². The number of aromatic nitrogens is 4. The number of rotatable bonds is 9. The average Bonchev–Trinajstić information content (AvgIpc) is 3.36. The van der Waals surface area contributed by atoms with E-state index in [4.69, 9.17) is 9.47 Å². The van der Waals surface area contributed by atoms with E-state index in [0.29, 0.717) is 17.7 Å². The Balaban J connectivity index is 1.60. The van der Waals surface area contributed by atoms with Crippen LogP contribution < -0.4 is 0 Å². The van der Waals surface area contributed by atoms with E-state index >= 15 is 0 Å². The number of carbonyl (C=O) groups is 2. The minimum atomic E-state index is -0.544. The van der Waals surface area contributed by atoms with Gasteiger partial charge >= 0.3 is 5.97 Å². The number of ketones is 1. The van der Waals surface area contributed by atoms with Gasteiger partial charge in [-0.1, -0.05) is 0 Å². The number of esters is 1. The molecule has 2 aromatic heterocycles. The lowest BCUT2D eigenvalue weighted by Crippen LogP contribution is -2.15. The Labute approximate surface area is 169 Å². The first-order valence-electron chi connectivity index (χ1n) is 9.32. The number of benzene rings is 1. The fraction of sp³-hybridized carbons (Fsp3) is 0.333. The zero-order valence-electron chi connectivity index (χ0n) is 16.8. The highest BCUT2D eigenvalue weighted by Crippen LogP contribution is 2.17. The SMILES string of the molecule is COCCCn1c(C)cc(C(=O)COC(=O)c2ccc(-n3cncn3)cc2)c1C. The van der Waals surface area contributed by atoms with E-state index in [1.54, 1.807) is 42.4 Å². The maximum absolute atomic E-state index is 12.6. The summed E-state index contributed by atoms with van der Waals surface area (Å²) >= 11 is 0. The summed E-state index contributed by atoms with van der Waals surface area (Å²) in [4.78, 5) is 28.7. The maximum Gasteiger partial charge on any atom is 0.338 e. The molecule has 0 saturated carbocycles. The van der Waals surface area contributed by atoms with Crippen LogP contribution in [0.1, 0.15) is 38.5 Å². The van der Waals surface area contributed by atoms with Crippen molar-refractivity contribution in [2.24, 2.45) is 0 Å². The molecule has 3 aromatic rings. The van der Waals surface area contributed by atoms with Crippen LogP contribution in [0.4, 0.5) is 0 Å². The molecule has 0 fully saturated rings. The number of Topliss-reactive ketones (excluding diaryl/α,β-unsaturated/α-hetero) is 1. The molecule has 0 bridgehead atoms. The average molecular weight is 396 g/mol. The van der Waals surface area contributed by atoms with Gasteiger partial charge in [0, 0.05) is 37.2 Å². The molecule has 3 rings (SSSR count). The van der Waals surface area contributed by atoms with Crippen molar-refractivity contribution < 1.29 is 19.1 Å². The molecule has 0 atom stereocenters. The molecule has 8 nitrogen and oxygen atoms in total. The second-order valence-corrected chi connectivity index (χ2v) is 6.67. The Hall–Kier alpha value is -3.26. The topological polar surface area (TPSA) is 88.2 Å². The Bertz CT molecular complexity index is 975. The van der Waals surface area contributed by atoms with Crippen LogP contribution in [0, 0.1) is 13.8 Å². The van der Waals surface area contributed by atoms with E-state index in [0.717, 1.165) is 30.0 Å². The van der Waals surface area contributed by atoms with Gasteiger partial charge in [0.2, 0.25) is 5.78 Å². The molecule has 0 unspecified atom stereocenters. The molecule has 0 aliphatic rings. The molecular formula is C21H24N4O4. The van der Waals surface area contributed by atoms with Crippen molar-refractivity contribution in [1.82, 2.24) is 19.3 Å². The van der Waals surface area contributed by atoms with Gasteiger partial charge in [-0.2, -0.15) is 5.10 Å². The molecular weight excluding hydrogens is 372 g/mol. The summed E-state index contributed by atoms with van der Waals surface area (Å²) in [6.07, 6.45) is 3.86. The lowest BCUT2D eigenvalue weighted by molar-refractivity contribution is 0.0474. The summed E-state index contributed by atoms with van der Waals surface area (Å²) in [5, 5.41) is 4.03. The second kappa shape index (κ2) is 9.29.